The summed E-state index contributed by atoms with van der Waals surface area (Å²) in [5.74, 6) is -0.0745. The number of halogens is 1. The average Bonchev–Trinajstić information content (AvgIpc) is 2.73. The Labute approximate surface area is 175 Å². The maximum Gasteiger partial charge on any atom is 0.260 e. The number of morpholine rings is 1. The van der Waals surface area contributed by atoms with Crippen molar-refractivity contribution >= 4 is 34.8 Å². The monoisotopic (exact) mass is 417 g/mol. The number of amides is 2. The van der Waals surface area contributed by atoms with Gasteiger partial charge in [0.05, 0.1) is 19.8 Å². The Bertz CT molecular complexity index is 838. The van der Waals surface area contributed by atoms with E-state index in [1.165, 1.54) is 4.90 Å². The minimum Gasteiger partial charge on any atom is -0.484 e. The molecule has 1 heterocycles. The van der Waals surface area contributed by atoms with Crippen LogP contribution in [-0.4, -0.2) is 63.2 Å². The molecule has 2 amide bonds. The predicted molar refractivity (Wildman–Crippen MR) is 113 cm³/mol. The van der Waals surface area contributed by atoms with Crippen molar-refractivity contribution in [3.05, 3.63) is 53.6 Å². The fraction of sp³-hybridized carbons (Fsp3) is 0.333. The molecule has 0 atom stereocenters. The normalized spacial score (nSPS) is 13.7. The molecule has 1 saturated heterocycles. The zero-order valence-electron chi connectivity index (χ0n) is 16.3. The van der Waals surface area contributed by atoms with Crippen LogP contribution in [0.1, 0.15) is 0 Å². The Kier molecular flexibility index (Phi) is 7.32. The van der Waals surface area contributed by atoms with Crippen LogP contribution in [-0.2, 0) is 14.3 Å². The minimum atomic E-state index is -0.303. The number of anilines is 2. The highest BCUT2D eigenvalue weighted by atomic mass is 35.5. The van der Waals surface area contributed by atoms with Gasteiger partial charge in [0.25, 0.3) is 5.91 Å². The molecule has 1 aliphatic heterocycles. The molecule has 1 aliphatic rings. The molecule has 8 heteroatoms. The molecule has 0 spiro atoms. The van der Waals surface area contributed by atoms with E-state index in [9.17, 15) is 9.59 Å². The molecule has 2 aromatic carbocycles. The van der Waals surface area contributed by atoms with E-state index < -0.39 is 0 Å². The number of hydrogen-bond acceptors (Lipinski definition) is 5. The van der Waals surface area contributed by atoms with Crippen LogP contribution in [0, 0.1) is 0 Å². The quantitative estimate of drug-likeness (QED) is 0.750. The first-order valence-corrected chi connectivity index (χ1v) is 9.74. The van der Waals surface area contributed by atoms with Crippen LogP contribution < -0.4 is 15.0 Å². The van der Waals surface area contributed by atoms with Gasteiger partial charge in [-0.15, -0.1) is 0 Å². The lowest BCUT2D eigenvalue weighted by Crippen LogP contribution is -2.37. The van der Waals surface area contributed by atoms with Crippen molar-refractivity contribution in [3.63, 3.8) is 0 Å². The van der Waals surface area contributed by atoms with Crippen molar-refractivity contribution in [3.8, 4) is 5.75 Å². The number of carbonyl (C=O) groups is 2. The van der Waals surface area contributed by atoms with Crippen molar-refractivity contribution < 1.29 is 19.1 Å². The van der Waals surface area contributed by atoms with E-state index in [1.54, 1.807) is 31.3 Å². The van der Waals surface area contributed by atoms with Gasteiger partial charge in [-0.1, -0.05) is 17.7 Å². The third-order valence-corrected chi connectivity index (χ3v) is 4.73. The standard InChI is InChI=1S/C21H24ClN3O4/c1-24(21(27)15-29-19-4-2-3-16(22)13-19)14-20(26)23-17-5-7-18(8-6-17)25-9-11-28-12-10-25/h2-8,13H,9-12,14-15H2,1H3,(H,23,26). The molecule has 3 rings (SSSR count). The Balaban J connectivity index is 1.44. The highest BCUT2D eigenvalue weighted by molar-refractivity contribution is 6.30. The predicted octanol–water partition coefficient (Wildman–Crippen LogP) is 2.65. The van der Waals surface area contributed by atoms with E-state index in [1.807, 2.05) is 24.3 Å². The summed E-state index contributed by atoms with van der Waals surface area (Å²) in [6, 6.07) is 14.4. The zero-order chi connectivity index (χ0) is 20.6. The number of rotatable bonds is 7. The SMILES string of the molecule is CN(CC(=O)Nc1ccc(N2CCOCC2)cc1)C(=O)COc1cccc(Cl)c1. The zero-order valence-corrected chi connectivity index (χ0v) is 17.0. The number of ether oxygens (including phenoxy) is 2. The molecule has 154 valence electrons. The molecular weight excluding hydrogens is 394 g/mol. The largest absolute Gasteiger partial charge is 0.484 e. The summed E-state index contributed by atoms with van der Waals surface area (Å²) in [5.41, 5.74) is 1.78. The van der Waals surface area contributed by atoms with E-state index in [2.05, 4.69) is 10.2 Å². The summed E-state index contributed by atoms with van der Waals surface area (Å²) in [6.45, 7) is 2.92. The number of nitrogens with one attached hydrogen (secondary N) is 1. The highest BCUT2D eigenvalue weighted by Gasteiger charge is 2.15. The highest BCUT2D eigenvalue weighted by Crippen LogP contribution is 2.19. The van der Waals surface area contributed by atoms with E-state index >= 15 is 0 Å². The number of hydrogen-bond donors (Lipinski definition) is 1. The second-order valence-corrected chi connectivity index (χ2v) is 7.13. The van der Waals surface area contributed by atoms with Crippen LogP contribution >= 0.6 is 11.6 Å². The molecule has 0 aliphatic carbocycles. The topological polar surface area (TPSA) is 71.1 Å². The van der Waals surface area contributed by atoms with Crippen molar-refractivity contribution in [2.75, 3.05) is 56.7 Å². The number of likely N-dealkylation sites (N-methyl/N-ethyl adjacent to an activating group) is 1. The molecule has 1 fully saturated rings. The maximum atomic E-state index is 12.2. The summed E-state index contributed by atoms with van der Waals surface area (Å²) in [5, 5.41) is 3.33. The van der Waals surface area contributed by atoms with E-state index in [4.69, 9.17) is 21.1 Å². The fourth-order valence-corrected chi connectivity index (χ4v) is 3.07. The first-order chi connectivity index (χ1) is 14.0. The smallest absolute Gasteiger partial charge is 0.260 e. The molecular formula is C21H24ClN3O4. The second-order valence-electron chi connectivity index (χ2n) is 6.69. The third kappa shape index (κ3) is 6.37. The van der Waals surface area contributed by atoms with E-state index in [0.29, 0.717) is 16.5 Å². The van der Waals surface area contributed by atoms with Crippen LogP contribution in [0.4, 0.5) is 11.4 Å². The number of carbonyl (C=O) groups excluding carboxylic acids is 2. The van der Waals surface area contributed by atoms with Crippen molar-refractivity contribution in [1.82, 2.24) is 4.90 Å². The van der Waals surface area contributed by atoms with Crippen molar-refractivity contribution in [2.45, 2.75) is 0 Å². The van der Waals surface area contributed by atoms with Crippen LogP contribution in [0.15, 0.2) is 48.5 Å². The Morgan fingerprint density at radius 2 is 1.90 bits per heavy atom. The van der Waals surface area contributed by atoms with Gasteiger partial charge in [-0.2, -0.15) is 0 Å². The van der Waals surface area contributed by atoms with Gasteiger partial charge in [-0.3, -0.25) is 9.59 Å². The maximum absolute atomic E-state index is 12.2. The third-order valence-electron chi connectivity index (χ3n) is 4.49. The second kappa shape index (κ2) is 10.1. The Morgan fingerprint density at radius 1 is 1.17 bits per heavy atom. The Hall–Kier alpha value is -2.77. The lowest BCUT2D eigenvalue weighted by molar-refractivity contribution is -0.135. The minimum absolute atomic E-state index is 0.0665. The molecule has 0 saturated carbocycles. The fourth-order valence-electron chi connectivity index (χ4n) is 2.89. The molecule has 1 N–H and O–H groups in total. The van der Waals surface area contributed by atoms with Crippen LogP contribution in [0.5, 0.6) is 5.75 Å². The van der Waals surface area contributed by atoms with Gasteiger partial charge in [-0.05, 0) is 42.5 Å². The first-order valence-electron chi connectivity index (χ1n) is 9.36. The number of benzene rings is 2. The first kappa shape index (κ1) is 21.0. The molecule has 0 unspecified atom stereocenters. The van der Waals surface area contributed by atoms with Crippen LogP contribution in [0.2, 0.25) is 5.02 Å². The van der Waals surface area contributed by atoms with Gasteiger partial charge in [0.15, 0.2) is 6.61 Å². The average molecular weight is 418 g/mol. The van der Waals surface area contributed by atoms with Gasteiger partial charge < -0.3 is 24.6 Å². The van der Waals surface area contributed by atoms with Crippen molar-refractivity contribution in [2.24, 2.45) is 0 Å². The molecule has 0 bridgehead atoms. The summed E-state index contributed by atoms with van der Waals surface area (Å²) in [7, 11) is 1.56. The Morgan fingerprint density at radius 3 is 2.59 bits per heavy atom. The van der Waals surface area contributed by atoms with Gasteiger partial charge in [0.2, 0.25) is 5.91 Å². The molecule has 7 nitrogen and oxygen atoms in total. The molecule has 0 aromatic heterocycles. The lowest BCUT2D eigenvalue weighted by Gasteiger charge is -2.28. The summed E-state index contributed by atoms with van der Waals surface area (Å²) in [4.78, 5) is 28.0. The summed E-state index contributed by atoms with van der Waals surface area (Å²) < 4.78 is 10.8. The van der Waals surface area contributed by atoms with Crippen LogP contribution in [0.25, 0.3) is 0 Å². The molecule has 2 aromatic rings. The molecule has 0 radical (unpaired) electrons. The van der Waals surface area contributed by atoms with Gasteiger partial charge in [0.1, 0.15) is 5.75 Å². The van der Waals surface area contributed by atoms with Crippen molar-refractivity contribution in [1.29, 1.82) is 0 Å². The van der Waals surface area contributed by atoms with Gasteiger partial charge in [-0.25, -0.2) is 0 Å². The van der Waals surface area contributed by atoms with Crippen LogP contribution in [0.3, 0.4) is 0 Å². The summed E-state index contributed by atoms with van der Waals surface area (Å²) >= 11 is 5.89. The summed E-state index contributed by atoms with van der Waals surface area (Å²) in [6.07, 6.45) is 0. The number of nitrogens with zero attached hydrogens (tertiary/aromatic N) is 2. The van der Waals surface area contributed by atoms with E-state index in [-0.39, 0.29) is 25.0 Å². The lowest BCUT2D eigenvalue weighted by atomic mass is 10.2. The van der Waals surface area contributed by atoms with Gasteiger partial charge >= 0.3 is 0 Å². The van der Waals surface area contributed by atoms with Gasteiger partial charge in [0, 0.05) is 36.5 Å². The van der Waals surface area contributed by atoms with E-state index in [0.717, 1.165) is 32.0 Å². The molecule has 29 heavy (non-hydrogen) atoms.